The molecular weight excluding hydrogens is 446 g/mol. The Morgan fingerprint density at radius 1 is 1.12 bits per heavy atom. The minimum atomic E-state index is -1.35. The summed E-state index contributed by atoms with van der Waals surface area (Å²) >= 11 is 0. The van der Waals surface area contributed by atoms with Crippen LogP contribution in [0.3, 0.4) is 0 Å². The Kier molecular flexibility index (Phi) is 6.44. The van der Waals surface area contributed by atoms with Crippen LogP contribution < -0.4 is 4.74 Å². The van der Waals surface area contributed by atoms with E-state index >= 15 is 0 Å². The molecule has 1 N–H and O–H groups in total. The largest absolute Gasteiger partial charge is 0.493 e. The van der Waals surface area contributed by atoms with Gasteiger partial charge in [-0.25, -0.2) is 4.98 Å². The highest BCUT2D eigenvalue weighted by molar-refractivity contribution is 7.84. The molecule has 2 saturated heterocycles. The molecule has 0 bridgehead atoms. The fourth-order valence-electron chi connectivity index (χ4n) is 3.94. The maximum Gasteiger partial charge on any atom is 0.216 e. The van der Waals surface area contributed by atoms with Crippen LogP contribution in [0.2, 0.25) is 0 Å². The van der Waals surface area contributed by atoms with Gasteiger partial charge in [-0.2, -0.15) is 0 Å². The van der Waals surface area contributed by atoms with E-state index in [0.717, 1.165) is 11.0 Å². The molecule has 2 aliphatic heterocycles. The lowest BCUT2D eigenvalue weighted by Gasteiger charge is -2.43. The minimum Gasteiger partial charge on any atom is -0.493 e. The Balaban J connectivity index is 1.16. The van der Waals surface area contributed by atoms with Gasteiger partial charge < -0.3 is 28.7 Å². The highest BCUT2D eigenvalue weighted by atomic mass is 32.2. The van der Waals surface area contributed by atoms with E-state index in [1.807, 2.05) is 31.2 Å². The van der Waals surface area contributed by atoms with E-state index in [1.54, 1.807) is 18.3 Å². The first-order valence-electron chi connectivity index (χ1n) is 11.1. The van der Waals surface area contributed by atoms with Gasteiger partial charge in [-0.3, -0.25) is 9.19 Å². The number of aromatic amines is 1. The van der Waals surface area contributed by atoms with Crippen LogP contribution in [-0.4, -0.2) is 63.8 Å². The Morgan fingerprint density at radius 3 is 2.67 bits per heavy atom. The fraction of sp³-hybridized carbons (Fsp3) is 0.478. The number of nitrogens with one attached hydrogen (secondary N) is 1. The van der Waals surface area contributed by atoms with Crippen molar-refractivity contribution < 1.29 is 27.9 Å². The Labute approximate surface area is 194 Å². The number of imidazole rings is 1. The number of rotatable bonds is 8. The molecule has 0 aliphatic carbocycles. The fourth-order valence-corrected chi connectivity index (χ4v) is 4.93. The lowest BCUT2D eigenvalue weighted by Crippen LogP contribution is -2.54. The minimum absolute atomic E-state index is 0.240. The van der Waals surface area contributed by atoms with E-state index in [9.17, 15) is 4.21 Å². The molecule has 0 amide bonds. The highest BCUT2D eigenvalue weighted by Gasteiger charge is 2.47. The van der Waals surface area contributed by atoms with Crippen molar-refractivity contribution in [3.63, 3.8) is 0 Å². The van der Waals surface area contributed by atoms with Crippen molar-refractivity contribution in [2.45, 2.75) is 42.2 Å². The molecule has 1 atom stereocenters. The first-order valence-corrected chi connectivity index (χ1v) is 12.4. The van der Waals surface area contributed by atoms with Crippen molar-refractivity contribution in [3.8, 4) is 5.75 Å². The smallest absolute Gasteiger partial charge is 0.216 e. The Hall–Kier alpha value is -2.37. The van der Waals surface area contributed by atoms with Gasteiger partial charge >= 0.3 is 0 Å². The van der Waals surface area contributed by atoms with Gasteiger partial charge in [-0.05, 0) is 24.6 Å². The van der Waals surface area contributed by atoms with Crippen molar-refractivity contribution in [1.82, 2.24) is 15.0 Å². The summed E-state index contributed by atoms with van der Waals surface area (Å²) in [5.41, 5.74) is 2.32. The lowest BCUT2D eigenvalue weighted by molar-refractivity contribution is -0.365. The number of para-hydroxylation sites is 2. The van der Waals surface area contributed by atoms with Crippen LogP contribution in [0.25, 0.3) is 11.0 Å². The van der Waals surface area contributed by atoms with Gasteiger partial charge in [0.05, 0.1) is 53.1 Å². The Morgan fingerprint density at radius 2 is 1.91 bits per heavy atom. The molecule has 2 aromatic heterocycles. The van der Waals surface area contributed by atoms with Crippen LogP contribution in [0.15, 0.2) is 47.8 Å². The van der Waals surface area contributed by atoms with Crippen molar-refractivity contribution in [1.29, 1.82) is 0 Å². The monoisotopic (exact) mass is 473 g/mol. The van der Waals surface area contributed by atoms with E-state index in [0.29, 0.717) is 62.5 Å². The van der Waals surface area contributed by atoms with Crippen LogP contribution in [0.5, 0.6) is 5.75 Å². The second-order valence-corrected chi connectivity index (χ2v) is 9.45. The molecule has 2 aliphatic rings. The highest BCUT2D eigenvalue weighted by Crippen LogP contribution is 2.34. The first kappa shape index (κ1) is 22.4. The SMILES string of the molecule is CCC1(CCOc2ccnc(CS(=O)c3nc4ccccc4[nH]3)c2)OCC2(CO1)OCCO2. The molecule has 176 valence electrons. The molecule has 10 heteroatoms. The summed E-state index contributed by atoms with van der Waals surface area (Å²) in [7, 11) is -1.35. The summed E-state index contributed by atoms with van der Waals surface area (Å²) in [5.74, 6) is -0.596. The van der Waals surface area contributed by atoms with Crippen molar-refractivity contribution in [2.75, 3.05) is 33.0 Å². The van der Waals surface area contributed by atoms with Gasteiger partial charge in [0.15, 0.2) is 10.9 Å². The molecule has 5 rings (SSSR count). The van der Waals surface area contributed by atoms with Gasteiger partial charge in [0.1, 0.15) is 19.0 Å². The average molecular weight is 474 g/mol. The van der Waals surface area contributed by atoms with E-state index in [-0.39, 0.29) is 5.75 Å². The number of fused-ring (bicyclic) bond motifs is 1. The predicted molar refractivity (Wildman–Crippen MR) is 120 cm³/mol. The van der Waals surface area contributed by atoms with Crippen molar-refractivity contribution >= 4 is 21.8 Å². The third kappa shape index (κ3) is 4.95. The van der Waals surface area contributed by atoms with E-state index in [4.69, 9.17) is 23.7 Å². The average Bonchev–Trinajstić information content (AvgIpc) is 3.48. The maximum absolute atomic E-state index is 12.8. The molecule has 1 unspecified atom stereocenters. The van der Waals surface area contributed by atoms with E-state index in [2.05, 4.69) is 15.0 Å². The summed E-state index contributed by atoms with van der Waals surface area (Å²) in [5, 5.41) is 0.439. The quantitative estimate of drug-likeness (QED) is 0.533. The summed E-state index contributed by atoms with van der Waals surface area (Å²) in [6.45, 7) is 4.22. The molecule has 2 fully saturated rings. The number of H-pyrrole nitrogens is 1. The van der Waals surface area contributed by atoms with Gasteiger partial charge in [0.25, 0.3) is 0 Å². The first-order chi connectivity index (χ1) is 16.1. The number of aromatic nitrogens is 3. The van der Waals surface area contributed by atoms with Gasteiger partial charge in [0.2, 0.25) is 5.79 Å². The molecule has 4 heterocycles. The number of pyridine rings is 1. The molecule has 3 aromatic rings. The van der Waals surface area contributed by atoms with Gasteiger partial charge in [0, 0.05) is 18.7 Å². The third-order valence-electron chi connectivity index (χ3n) is 5.86. The van der Waals surface area contributed by atoms with Gasteiger partial charge in [-0.1, -0.05) is 19.1 Å². The predicted octanol–water partition coefficient (Wildman–Crippen LogP) is 2.93. The number of benzene rings is 1. The standard InChI is InChI=1S/C23H27N3O6S/c1-2-22(31-15-23(16-32-22)29-11-12-30-23)8-10-28-18-7-9-24-17(13-18)14-33(27)21-25-19-5-3-4-6-20(19)26-21/h3-7,9,13H,2,8,10-12,14-16H2,1H3,(H,25,26). The molecule has 0 saturated carbocycles. The van der Waals surface area contributed by atoms with Crippen LogP contribution >= 0.6 is 0 Å². The summed E-state index contributed by atoms with van der Waals surface area (Å²) in [6, 6.07) is 11.2. The van der Waals surface area contributed by atoms with Crippen LogP contribution in [0.1, 0.15) is 25.5 Å². The third-order valence-corrected chi connectivity index (χ3v) is 7.05. The molecule has 1 spiro atoms. The van der Waals surface area contributed by atoms with Crippen molar-refractivity contribution in [2.24, 2.45) is 0 Å². The summed E-state index contributed by atoms with van der Waals surface area (Å²) in [6.07, 6.45) is 2.90. The zero-order chi connectivity index (χ0) is 22.7. The maximum atomic E-state index is 12.8. The topological polar surface area (TPSA) is 105 Å². The summed E-state index contributed by atoms with van der Waals surface area (Å²) in [4.78, 5) is 11.9. The zero-order valence-corrected chi connectivity index (χ0v) is 19.3. The molecule has 9 nitrogen and oxygen atoms in total. The van der Waals surface area contributed by atoms with Crippen LogP contribution in [-0.2, 0) is 35.5 Å². The number of ether oxygens (including phenoxy) is 5. The van der Waals surface area contributed by atoms with E-state index in [1.165, 1.54) is 0 Å². The molecular formula is C23H27N3O6S. The molecule has 0 radical (unpaired) electrons. The Bertz CT molecular complexity index is 1090. The van der Waals surface area contributed by atoms with Crippen molar-refractivity contribution in [3.05, 3.63) is 48.3 Å². The second kappa shape index (κ2) is 9.47. The zero-order valence-electron chi connectivity index (χ0n) is 18.5. The van der Waals surface area contributed by atoms with Crippen LogP contribution in [0.4, 0.5) is 0 Å². The van der Waals surface area contributed by atoms with Gasteiger partial charge in [-0.15, -0.1) is 0 Å². The molecule has 1 aromatic carbocycles. The second-order valence-electron chi connectivity index (χ2n) is 8.08. The van der Waals surface area contributed by atoms with Crippen LogP contribution in [0, 0.1) is 0 Å². The lowest BCUT2D eigenvalue weighted by atomic mass is 10.1. The number of hydrogen-bond donors (Lipinski definition) is 1. The normalized spacial score (nSPS) is 20.3. The van der Waals surface area contributed by atoms with E-state index < -0.39 is 22.4 Å². The number of nitrogens with zero attached hydrogens (tertiary/aromatic N) is 2. The number of hydrogen-bond acceptors (Lipinski definition) is 8. The molecule has 33 heavy (non-hydrogen) atoms. The summed E-state index contributed by atoms with van der Waals surface area (Å²) < 4.78 is 42.1.